The lowest BCUT2D eigenvalue weighted by Crippen LogP contribution is -2.54. The molecule has 5 heterocycles. The number of morpholine rings is 1. The van der Waals surface area contributed by atoms with Crippen LogP contribution in [-0.2, 0) is 23.9 Å². The Morgan fingerprint density at radius 1 is 1.03 bits per heavy atom. The molecular formula is C25H35N3O6S. The van der Waals surface area contributed by atoms with E-state index in [9.17, 15) is 19.5 Å². The molecule has 5 aliphatic heterocycles. The number of aliphatic hydroxyl groups is 1. The minimum absolute atomic E-state index is 0.0390. The number of hydrogen-bond acceptors (Lipinski definition) is 8. The van der Waals surface area contributed by atoms with Crippen molar-refractivity contribution in [3.8, 4) is 0 Å². The fourth-order valence-corrected chi connectivity index (χ4v) is 8.08. The molecule has 9 nitrogen and oxygen atoms in total. The molecule has 0 aliphatic carbocycles. The lowest BCUT2D eigenvalue weighted by atomic mass is 9.78. The molecule has 10 heteroatoms. The van der Waals surface area contributed by atoms with E-state index in [1.54, 1.807) is 16.7 Å². The van der Waals surface area contributed by atoms with Crippen molar-refractivity contribution in [1.29, 1.82) is 0 Å². The number of ether oxygens (including phenoxy) is 2. The van der Waals surface area contributed by atoms with Crippen molar-refractivity contribution in [2.45, 2.75) is 35.3 Å². The summed E-state index contributed by atoms with van der Waals surface area (Å²) in [6, 6.07) is -0.665. The fraction of sp³-hybridized carbons (Fsp3) is 0.720. The largest absolute Gasteiger partial charge is 0.465 e. The van der Waals surface area contributed by atoms with Crippen LogP contribution < -0.4 is 0 Å². The van der Waals surface area contributed by atoms with E-state index in [0.717, 1.165) is 19.6 Å². The summed E-state index contributed by atoms with van der Waals surface area (Å²) >= 11 is 1.57. The lowest BCUT2D eigenvalue weighted by molar-refractivity contribution is -0.153. The summed E-state index contributed by atoms with van der Waals surface area (Å²) in [5.74, 6) is -1.78. The molecule has 0 aromatic rings. The number of carbonyl (C=O) groups is 3. The van der Waals surface area contributed by atoms with E-state index in [2.05, 4.69) is 4.90 Å². The van der Waals surface area contributed by atoms with Gasteiger partial charge < -0.3 is 24.4 Å². The van der Waals surface area contributed by atoms with Gasteiger partial charge >= 0.3 is 5.97 Å². The quantitative estimate of drug-likeness (QED) is 0.300. The number of cyclic esters (lactones) is 1. The summed E-state index contributed by atoms with van der Waals surface area (Å²) in [5, 5.41) is 9.10. The number of fused-ring (bicyclic) bond motifs is 2. The van der Waals surface area contributed by atoms with Crippen LogP contribution in [0.15, 0.2) is 24.3 Å². The maximum atomic E-state index is 14.1. The van der Waals surface area contributed by atoms with E-state index in [1.165, 1.54) is 0 Å². The molecule has 192 valence electrons. The Morgan fingerprint density at radius 3 is 2.66 bits per heavy atom. The van der Waals surface area contributed by atoms with Gasteiger partial charge in [0.1, 0.15) is 6.04 Å². The molecule has 0 saturated carbocycles. The van der Waals surface area contributed by atoms with Crippen molar-refractivity contribution >= 4 is 29.5 Å². The minimum atomic E-state index is -0.801. The molecule has 1 unspecified atom stereocenters. The van der Waals surface area contributed by atoms with Crippen molar-refractivity contribution in [3.63, 3.8) is 0 Å². The zero-order valence-corrected chi connectivity index (χ0v) is 20.9. The number of esters is 1. The Labute approximate surface area is 210 Å². The third-order valence-corrected chi connectivity index (χ3v) is 9.55. The molecule has 1 N–H and O–H groups in total. The summed E-state index contributed by atoms with van der Waals surface area (Å²) < 4.78 is 10.1. The standard InChI is InChI=1S/C25H35N3O6S/c29-14-3-2-9-28-21-23(31)27(11-10-26-12-16-33-17-13-26)8-5-7-25(21)20(22(28)30)19-18(35-25)6-1-4-15-34-24(19)32/h1,5-7,18-21,29H,2-4,8-17H2/t18-,19+,20+,21?,25+/m1/s1. The Kier molecular flexibility index (Phi) is 7.52. The van der Waals surface area contributed by atoms with Gasteiger partial charge in [0.15, 0.2) is 0 Å². The third-order valence-electron chi connectivity index (χ3n) is 7.80. The first kappa shape index (κ1) is 24.8. The first-order chi connectivity index (χ1) is 17.1. The third kappa shape index (κ3) is 4.54. The molecule has 35 heavy (non-hydrogen) atoms. The second-order valence-electron chi connectivity index (χ2n) is 9.83. The maximum absolute atomic E-state index is 14.1. The number of hydrogen-bond donors (Lipinski definition) is 1. The minimum Gasteiger partial charge on any atom is -0.465 e. The molecule has 5 aliphatic rings. The van der Waals surface area contributed by atoms with Crippen LogP contribution in [-0.4, -0.2) is 119 Å². The fourth-order valence-electron chi connectivity index (χ4n) is 6.08. The number of likely N-dealkylation sites (tertiary alicyclic amines) is 1. The molecule has 0 radical (unpaired) electrons. The van der Waals surface area contributed by atoms with Gasteiger partial charge in [-0.3, -0.25) is 19.3 Å². The van der Waals surface area contributed by atoms with Crippen LogP contribution in [0.1, 0.15) is 19.3 Å². The van der Waals surface area contributed by atoms with Gasteiger partial charge in [-0.05, 0) is 19.3 Å². The van der Waals surface area contributed by atoms with E-state index >= 15 is 0 Å². The molecule has 3 fully saturated rings. The van der Waals surface area contributed by atoms with Gasteiger partial charge in [0.25, 0.3) is 0 Å². The Hall–Kier alpha value is -1.88. The van der Waals surface area contributed by atoms with Crippen molar-refractivity contribution < 1.29 is 29.0 Å². The van der Waals surface area contributed by atoms with E-state index in [1.807, 2.05) is 29.2 Å². The van der Waals surface area contributed by atoms with Crippen LogP contribution in [0.4, 0.5) is 0 Å². The van der Waals surface area contributed by atoms with Crippen molar-refractivity contribution in [2.75, 3.05) is 65.7 Å². The first-order valence-electron chi connectivity index (χ1n) is 12.8. The van der Waals surface area contributed by atoms with Gasteiger partial charge in [0, 0.05) is 51.1 Å². The van der Waals surface area contributed by atoms with E-state index < -0.39 is 22.6 Å². The van der Waals surface area contributed by atoms with Crippen LogP contribution in [0.3, 0.4) is 0 Å². The van der Waals surface area contributed by atoms with E-state index in [0.29, 0.717) is 58.7 Å². The normalized spacial score (nSPS) is 35.3. The Morgan fingerprint density at radius 2 is 1.86 bits per heavy atom. The highest BCUT2D eigenvalue weighted by molar-refractivity contribution is 8.02. The second kappa shape index (κ2) is 10.6. The average Bonchev–Trinajstić information content (AvgIpc) is 3.23. The summed E-state index contributed by atoms with van der Waals surface area (Å²) in [6.45, 7) is 5.69. The maximum Gasteiger partial charge on any atom is 0.311 e. The predicted octanol–water partition coefficient (Wildman–Crippen LogP) is 0.290. The van der Waals surface area contributed by atoms with Gasteiger partial charge in [-0.25, -0.2) is 0 Å². The SMILES string of the molecule is O=C1OCCC=C[C@H]2S[C@]34C=CCN(CCN5CCOCC5)C(=O)C3N(CCCCO)C(=O)[C@@H]4[C@@H]12. The zero-order chi connectivity index (χ0) is 24.4. The number of carbonyl (C=O) groups excluding carboxylic acids is 3. The number of unbranched alkanes of at least 4 members (excludes halogenated alkanes) is 1. The lowest BCUT2D eigenvalue weighted by Gasteiger charge is -2.36. The molecular weight excluding hydrogens is 470 g/mol. The van der Waals surface area contributed by atoms with Crippen LogP contribution in [0.2, 0.25) is 0 Å². The van der Waals surface area contributed by atoms with Gasteiger partial charge in [0.05, 0.1) is 36.4 Å². The average molecular weight is 506 g/mol. The highest BCUT2D eigenvalue weighted by atomic mass is 32.2. The van der Waals surface area contributed by atoms with Gasteiger partial charge in [-0.1, -0.05) is 24.3 Å². The summed E-state index contributed by atoms with van der Waals surface area (Å²) in [5.41, 5.74) is 0. The highest BCUT2D eigenvalue weighted by Crippen LogP contribution is 2.60. The molecule has 1 spiro atoms. The van der Waals surface area contributed by atoms with Crippen molar-refractivity contribution in [2.24, 2.45) is 11.8 Å². The summed E-state index contributed by atoms with van der Waals surface area (Å²) in [6.07, 6.45) is 9.92. The highest BCUT2D eigenvalue weighted by Gasteiger charge is 2.70. The molecule has 5 atom stereocenters. The molecule has 5 rings (SSSR count). The van der Waals surface area contributed by atoms with Crippen LogP contribution >= 0.6 is 11.8 Å². The number of nitrogens with zero attached hydrogens (tertiary/aromatic N) is 3. The smallest absolute Gasteiger partial charge is 0.311 e. The Bertz CT molecular complexity index is 890. The first-order valence-corrected chi connectivity index (χ1v) is 13.6. The zero-order valence-electron chi connectivity index (χ0n) is 20.0. The van der Waals surface area contributed by atoms with Crippen molar-refractivity contribution in [1.82, 2.24) is 14.7 Å². The molecule has 2 amide bonds. The van der Waals surface area contributed by atoms with Gasteiger partial charge in [-0.15, -0.1) is 11.8 Å². The molecule has 0 bridgehead atoms. The number of thioether (sulfide) groups is 1. The van der Waals surface area contributed by atoms with Crippen molar-refractivity contribution in [3.05, 3.63) is 24.3 Å². The molecule has 0 aromatic carbocycles. The predicted molar refractivity (Wildman–Crippen MR) is 131 cm³/mol. The topological polar surface area (TPSA) is 99.6 Å². The summed E-state index contributed by atoms with van der Waals surface area (Å²) in [4.78, 5) is 46.9. The van der Waals surface area contributed by atoms with Crippen LogP contribution in [0.25, 0.3) is 0 Å². The van der Waals surface area contributed by atoms with Gasteiger partial charge in [-0.2, -0.15) is 0 Å². The van der Waals surface area contributed by atoms with Gasteiger partial charge in [0.2, 0.25) is 11.8 Å². The monoisotopic (exact) mass is 505 g/mol. The molecule has 3 saturated heterocycles. The van der Waals surface area contributed by atoms with Crippen LogP contribution in [0.5, 0.6) is 0 Å². The summed E-state index contributed by atoms with van der Waals surface area (Å²) in [7, 11) is 0. The second-order valence-corrected chi connectivity index (χ2v) is 11.3. The van der Waals surface area contributed by atoms with Crippen LogP contribution in [0, 0.1) is 11.8 Å². The van der Waals surface area contributed by atoms with E-state index in [-0.39, 0.29) is 29.6 Å². The number of aliphatic hydroxyl groups excluding tert-OH is 1. The number of rotatable bonds is 7. The Balaban J connectivity index is 1.45. The number of amides is 2. The molecule has 0 aromatic heterocycles. The van der Waals surface area contributed by atoms with E-state index in [4.69, 9.17) is 9.47 Å².